The number of halogens is 6. The molecule has 2 aromatic rings. The lowest BCUT2D eigenvalue weighted by Gasteiger charge is -2.22. The molecule has 0 bridgehead atoms. The number of hydrogen-bond donors (Lipinski definition) is 0. The maximum absolute atomic E-state index is 6.08. The van der Waals surface area contributed by atoms with Gasteiger partial charge in [-0.05, 0) is 19.1 Å². The van der Waals surface area contributed by atoms with Crippen LogP contribution in [0, 0.1) is 0 Å². The first-order valence-corrected chi connectivity index (χ1v) is 8.49. The van der Waals surface area contributed by atoms with E-state index in [9.17, 15) is 0 Å². The predicted octanol–water partition coefficient (Wildman–Crippen LogP) is 5.59. The SMILES string of the molecule is CCOc1cc(C(Cl)(Cl)Cl)cc(C(Cl)(Cl)Cl)c1-c1ncncn1. The molecule has 0 aliphatic heterocycles. The zero-order chi connectivity index (χ0) is 17.3. The van der Waals surface area contributed by atoms with Crippen LogP contribution in [0.25, 0.3) is 11.4 Å². The van der Waals surface area contributed by atoms with Crippen LogP contribution < -0.4 is 4.74 Å². The molecule has 10 heteroatoms. The Hall–Kier alpha value is -0.230. The van der Waals surface area contributed by atoms with Gasteiger partial charge in [-0.15, -0.1) is 0 Å². The number of nitrogens with zero attached hydrogens (tertiary/aromatic N) is 3. The van der Waals surface area contributed by atoms with Crippen molar-refractivity contribution >= 4 is 69.6 Å². The molecular formula is C13H9Cl6N3O. The summed E-state index contributed by atoms with van der Waals surface area (Å²) in [5.74, 6) is 0.615. The quantitative estimate of drug-likeness (QED) is 0.589. The Morgan fingerprint density at radius 1 is 0.957 bits per heavy atom. The fourth-order valence-corrected chi connectivity index (χ4v) is 2.65. The minimum atomic E-state index is -1.81. The highest BCUT2D eigenvalue weighted by Gasteiger charge is 2.34. The summed E-state index contributed by atoms with van der Waals surface area (Å²) in [4.78, 5) is 11.9. The zero-order valence-corrected chi connectivity index (χ0v) is 16.1. The Labute approximate surface area is 163 Å². The zero-order valence-electron chi connectivity index (χ0n) is 11.5. The van der Waals surface area contributed by atoms with Crippen molar-refractivity contribution in [1.29, 1.82) is 0 Å². The summed E-state index contributed by atoms with van der Waals surface area (Å²) in [7, 11) is 0. The molecule has 0 saturated heterocycles. The predicted molar refractivity (Wildman–Crippen MR) is 94.9 cm³/mol. The van der Waals surface area contributed by atoms with Crippen molar-refractivity contribution in [2.45, 2.75) is 14.5 Å². The standard InChI is InChI=1S/C13H9Cl6N3O/c1-2-23-9-4-7(12(14,15)16)3-8(13(17,18)19)10(9)11-21-5-20-6-22-11/h3-6H,2H2,1H3. The highest BCUT2D eigenvalue weighted by Crippen LogP contribution is 2.49. The Bertz CT molecular complexity index is 685. The van der Waals surface area contributed by atoms with Crippen molar-refractivity contribution in [3.05, 3.63) is 35.9 Å². The van der Waals surface area contributed by atoms with E-state index in [1.165, 1.54) is 18.7 Å². The summed E-state index contributed by atoms with van der Waals surface area (Å²) in [6.07, 6.45) is 2.64. The average molecular weight is 436 g/mol. The lowest BCUT2D eigenvalue weighted by Crippen LogP contribution is -2.11. The molecule has 0 radical (unpaired) electrons. The van der Waals surface area contributed by atoms with Gasteiger partial charge in [0.15, 0.2) is 5.82 Å². The van der Waals surface area contributed by atoms with Gasteiger partial charge in [-0.3, -0.25) is 0 Å². The number of alkyl halides is 6. The van der Waals surface area contributed by atoms with Gasteiger partial charge in [0.25, 0.3) is 0 Å². The topological polar surface area (TPSA) is 47.9 Å². The first-order chi connectivity index (χ1) is 10.6. The smallest absolute Gasteiger partial charge is 0.216 e. The number of hydrogen-bond acceptors (Lipinski definition) is 4. The summed E-state index contributed by atoms with van der Waals surface area (Å²) in [5, 5.41) is 0. The van der Waals surface area contributed by atoms with Gasteiger partial charge >= 0.3 is 0 Å². The lowest BCUT2D eigenvalue weighted by atomic mass is 10.0. The molecule has 1 aromatic carbocycles. The maximum Gasteiger partial charge on any atom is 0.216 e. The molecule has 0 fully saturated rings. The lowest BCUT2D eigenvalue weighted by molar-refractivity contribution is 0.341. The van der Waals surface area contributed by atoms with Crippen molar-refractivity contribution in [2.24, 2.45) is 0 Å². The molecule has 0 aliphatic rings. The molecule has 0 saturated carbocycles. The van der Waals surface area contributed by atoms with Crippen LogP contribution >= 0.6 is 69.6 Å². The van der Waals surface area contributed by atoms with E-state index in [2.05, 4.69) is 15.0 Å². The van der Waals surface area contributed by atoms with Gasteiger partial charge in [0, 0.05) is 11.1 Å². The van der Waals surface area contributed by atoms with Crippen molar-refractivity contribution in [3.8, 4) is 17.1 Å². The normalized spacial score (nSPS) is 12.3. The largest absolute Gasteiger partial charge is 0.493 e. The van der Waals surface area contributed by atoms with Crippen LogP contribution in [0.4, 0.5) is 0 Å². The maximum atomic E-state index is 6.08. The highest BCUT2D eigenvalue weighted by molar-refractivity contribution is 6.68. The Kier molecular flexibility index (Phi) is 6.10. The molecule has 0 aliphatic carbocycles. The van der Waals surface area contributed by atoms with Crippen LogP contribution in [0.2, 0.25) is 0 Å². The summed E-state index contributed by atoms with van der Waals surface area (Å²) in [6.45, 7) is 2.15. The Balaban J connectivity index is 2.81. The van der Waals surface area contributed by atoms with E-state index in [1.807, 2.05) is 0 Å². The van der Waals surface area contributed by atoms with Gasteiger partial charge in [-0.2, -0.15) is 0 Å². The third-order valence-electron chi connectivity index (χ3n) is 2.75. The third kappa shape index (κ3) is 4.65. The van der Waals surface area contributed by atoms with E-state index in [0.717, 1.165) is 0 Å². The van der Waals surface area contributed by atoms with E-state index < -0.39 is 7.59 Å². The second-order valence-electron chi connectivity index (χ2n) is 4.29. The fraction of sp³-hybridized carbons (Fsp3) is 0.308. The van der Waals surface area contributed by atoms with Gasteiger partial charge in [-0.1, -0.05) is 69.6 Å². The monoisotopic (exact) mass is 433 g/mol. The molecule has 0 amide bonds. The fourth-order valence-electron chi connectivity index (χ4n) is 1.87. The number of aromatic nitrogens is 3. The first kappa shape index (κ1) is 19.1. The van der Waals surface area contributed by atoms with Crippen molar-refractivity contribution in [2.75, 3.05) is 6.61 Å². The van der Waals surface area contributed by atoms with E-state index >= 15 is 0 Å². The minimum Gasteiger partial charge on any atom is -0.493 e. The van der Waals surface area contributed by atoms with Gasteiger partial charge in [0.05, 0.1) is 12.2 Å². The van der Waals surface area contributed by atoms with E-state index in [-0.39, 0.29) is 11.4 Å². The Morgan fingerprint density at radius 3 is 2.04 bits per heavy atom. The van der Waals surface area contributed by atoms with Crippen molar-refractivity contribution in [1.82, 2.24) is 15.0 Å². The summed E-state index contributed by atoms with van der Waals surface area (Å²) in [6, 6.07) is 3.02. The highest BCUT2D eigenvalue weighted by atomic mass is 35.6. The molecule has 124 valence electrons. The average Bonchev–Trinajstić information content (AvgIpc) is 2.46. The molecule has 1 aromatic heterocycles. The molecule has 0 spiro atoms. The van der Waals surface area contributed by atoms with E-state index in [4.69, 9.17) is 74.3 Å². The summed E-state index contributed by atoms with van der Waals surface area (Å²) < 4.78 is 2.09. The molecule has 23 heavy (non-hydrogen) atoms. The number of ether oxygens (including phenoxy) is 1. The second kappa shape index (κ2) is 7.34. The molecular weight excluding hydrogens is 427 g/mol. The molecule has 0 N–H and O–H groups in total. The van der Waals surface area contributed by atoms with Crippen LogP contribution in [-0.2, 0) is 7.59 Å². The Morgan fingerprint density at radius 2 is 1.57 bits per heavy atom. The van der Waals surface area contributed by atoms with Gasteiger partial charge < -0.3 is 4.74 Å². The molecule has 0 unspecified atom stereocenters. The number of benzene rings is 1. The molecule has 2 rings (SSSR count). The van der Waals surface area contributed by atoms with Gasteiger partial charge in [-0.25, -0.2) is 15.0 Å². The van der Waals surface area contributed by atoms with Crippen LogP contribution in [0.3, 0.4) is 0 Å². The molecule has 1 heterocycles. The minimum absolute atomic E-state index is 0.237. The van der Waals surface area contributed by atoms with Gasteiger partial charge in [0.1, 0.15) is 18.4 Å². The number of rotatable bonds is 3. The summed E-state index contributed by atoms with van der Waals surface area (Å²) in [5.41, 5.74) is 0.929. The molecule has 0 atom stereocenters. The van der Waals surface area contributed by atoms with Crippen LogP contribution in [-0.4, -0.2) is 21.6 Å². The van der Waals surface area contributed by atoms with Crippen molar-refractivity contribution in [3.63, 3.8) is 0 Å². The summed E-state index contributed by atoms with van der Waals surface area (Å²) >= 11 is 36.1. The van der Waals surface area contributed by atoms with E-state index in [1.54, 1.807) is 13.0 Å². The van der Waals surface area contributed by atoms with Crippen LogP contribution in [0.15, 0.2) is 24.8 Å². The molecule has 4 nitrogen and oxygen atoms in total. The van der Waals surface area contributed by atoms with Crippen LogP contribution in [0.5, 0.6) is 5.75 Å². The van der Waals surface area contributed by atoms with Crippen LogP contribution in [0.1, 0.15) is 18.1 Å². The van der Waals surface area contributed by atoms with Crippen molar-refractivity contribution < 1.29 is 4.74 Å². The first-order valence-electron chi connectivity index (χ1n) is 6.22. The van der Waals surface area contributed by atoms with E-state index in [0.29, 0.717) is 23.5 Å². The third-order valence-corrected chi connectivity index (χ3v) is 4.02. The van der Waals surface area contributed by atoms with Gasteiger partial charge in [0.2, 0.25) is 7.59 Å². The second-order valence-corrected chi connectivity index (χ2v) is 8.85.